The van der Waals surface area contributed by atoms with Gasteiger partial charge in [-0.25, -0.2) is 0 Å². The normalized spacial score (nSPS) is 13.2. The Labute approximate surface area is 76.9 Å². The van der Waals surface area contributed by atoms with Gasteiger partial charge in [0.2, 0.25) is 0 Å². The van der Waals surface area contributed by atoms with Crippen LogP contribution in [0.5, 0.6) is 0 Å². The van der Waals surface area contributed by atoms with E-state index in [2.05, 4.69) is 48.2 Å². The zero-order valence-electron chi connectivity index (χ0n) is 7.79. The lowest BCUT2D eigenvalue weighted by Crippen LogP contribution is -1.97. The summed E-state index contributed by atoms with van der Waals surface area (Å²) < 4.78 is 3.27. The van der Waals surface area contributed by atoms with Gasteiger partial charge in [0.15, 0.2) is 0 Å². The van der Waals surface area contributed by atoms with E-state index in [0.717, 1.165) is 0 Å². The van der Waals surface area contributed by atoms with E-state index in [-0.39, 0.29) is 10.7 Å². The maximum atomic E-state index is 3.27. The molecular formula is C10H15NS. The first-order chi connectivity index (χ1) is 5.77. The molecule has 66 valence electrons. The highest BCUT2D eigenvalue weighted by Gasteiger charge is 1.94. The molecule has 0 aliphatic heterocycles. The molecule has 0 amide bonds. The highest BCUT2D eigenvalue weighted by molar-refractivity contribution is 8.13. The largest absolute Gasteiger partial charge is 0.269 e. The van der Waals surface area contributed by atoms with Gasteiger partial charge in [-0.1, -0.05) is 22.8 Å². The van der Waals surface area contributed by atoms with Crippen molar-refractivity contribution in [2.24, 2.45) is 0 Å². The van der Waals surface area contributed by atoms with E-state index < -0.39 is 0 Å². The summed E-state index contributed by atoms with van der Waals surface area (Å²) in [4.78, 5) is 1.36. The summed E-state index contributed by atoms with van der Waals surface area (Å²) >= 11 is 0. The lowest BCUT2D eigenvalue weighted by Gasteiger charge is -2.07. The lowest BCUT2D eigenvalue weighted by molar-refractivity contribution is 1.26. The predicted molar refractivity (Wildman–Crippen MR) is 57.8 cm³/mol. The number of benzene rings is 1. The number of hydrogen-bond donors (Lipinski definition) is 1. The summed E-state index contributed by atoms with van der Waals surface area (Å²) in [5.74, 6) is 0. The Kier molecular flexibility index (Phi) is 3.50. The predicted octanol–water partition coefficient (Wildman–Crippen LogP) is 2.58. The van der Waals surface area contributed by atoms with Crippen LogP contribution in [0.2, 0.25) is 0 Å². The van der Waals surface area contributed by atoms with Gasteiger partial charge in [0, 0.05) is 4.90 Å². The van der Waals surface area contributed by atoms with Gasteiger partial charge in [-0.3, -0.25) is 4.72 Å². The van der Waals surface area contributed by atoms with Crippen molar-refractivity contribution in [2.45, 2.75) is 18.7 Å². The van der Waals surface area contributed by atoms with Gasteiger partial charge in [0.1, 0.15) is 0 Å². The van der Waals surface area contributed by atoms with Crippen LogP contribution >= 0.6 is 10.7 Å². The Morgan fingerprint density at radius 1 is 1.42 bits per heavy atom. The van der Waals surface area contributed by atoms with Crippen LogP contribution in [0.25, 0.3) is 0 Å². The SMILES string of the molecule is C/C=S(\NC)c1cccc(C)c1. The van der Waals surface area contributed by atoms with E-state index in [4.69, 9.17) is 0 Å². The molecule has 0 radical (unpaired) electrons. The third-order valence-corrected chi connectivity index (χ3v) is 3.37. The molecule has 0 fully saturated rings. The van der Waals surface area contributed by atoms with E-state index >= 15 is 0 Å². The van der Waals surface area contributed by atoms with Gasteiger partial charge >= 0.3 is 0 Å². The summed E-state index contributed by atoms with van der Waals surface area (Å²) in [5, 5.41) is 2.19. The summed E-state index contributed by atoms with van der Waals surface area (Å²) in [6.07, 6.45) is 0. The first kappa shape index (κ1) is 9.49. The maximum absolute atomic E-state index is 3.27. The van der Waals surface area contributed by atoms with Crippen LogP contribution < -0.4 is 4.72 Å². The zero-order chi connectivity index (χ0) is 8.97. The molecular weight excluding hydrogens is 166 g/mol. The van der Waals surface area contributed by atoms with Crippen molar-refractivity contribution in [3.05, 3.63) is 29.8 Å². The van der Waals surface area contributed by atoms with Crippen molar-refractivity contribution in [1.82, 2.24) is 4.72 Å². The van der Waals surface area contributed by atoms with Crippen LogP contribution in [-0.2, 0) is 0 Å². The van der Waals surface area contributed by atoms with E-state index in [1.165, 1.54) is 10.5 Å². The van der Waals surface area contributed by atoms with Gasteiger partial charge in [-0.2, -0.15) is 0 Å². The van der Waals surface area contributed by atoms with Gasteiger partial charge in [-0.15, -0.1) is 0 Å². The fourth-order valence-electron chi connectivity index (χ4n) is 1.12. The van der Waals surface area contributed by atoms with Crippen LogP contribution in [0, 0.1) is 6.92 Å². The lowest BCUT2D eigenvalue weighted by atomic mass is 10.2. The summed E-state index contributed by atoms with van der Waals surface area (Å²) in [5.41, 5.74) is 1.32. The molecule has 12 heavy (non-hydrogen) atoms. The molecule has 0 spiro atoms. The van der Waals surface area contributed by atoms with Crippen LogP contribution in [-0.4, -0.2) is 12.4 Å². The van der Waals surface area contributed by atoms with Crippen molar-refractivity contribution >= 4 is 16.0 Å². The number of rotatable bonds is 2. The Balaban J connectivity index is 3.02. The highest BCUT2D eigenvalue weighted by atomic mass is 32.2. The van der Waals surface area contributed by atoms with Crippen molar-refractivity contribution in [3.63, 3.8) is 0 Å². The van der Waals surface area contributed by atoms with Crippen molar-refractivity contribution in [2.75, 3.05) is 7.05 Å². The van der Waals surface area contributed by atoms with Crippen LogP contribution in [0.3, 0.4) is 0 Å². The van der Waals surface area contributed by atoms with Crippen LogP contribution in [0.15, 0.2) is 29.2 Å². The number of nitrogens with one attached hydrogen (secondary N) is 1. The Hall–Kier alpha value is -0.600. The monoisotopic (exact) mass is 181 g/mol. The molecule has 0 aromatic heterocycles. The minimum absolute atomic E-state index is 0.113. The van der Waals surface area contributed by atoms with E-state index in [0.29, 0.717) is 0 Å². The minimum Gasteiger partial charge on any atom is -0.269 e. The molecule has 1 atom stereocenters. The molecule has 1 N–H and O–H groups in total. The Morgan fingerprint density at radius 3 is 2.67 bits per heavy atom. The molecule has 2 heteroatoms. The molecule has 0 aliphatic rings. The average Bonchev–Trinajstić information content (AvgIpc) is 2.07. The molecule has 0 heterocycles. The molecule has 0 bridgehead atoms. The van der Waals surface area contributed by atoms with Crippen molar-refractivity contribution in [3.8, 4) is 0 Å². The Bertz CT molecular complexity index is 292. The first-order valence-electron chi connectivity index (χ1n) is 4.04. The fourth-order valence-corrected chi connectivity index (χ4v) is 2.41. The third kappa shape index (κ3) is 2.19. The third-order valence-electron chi connectivity index (χ3n) is 1.70. The first-order valence-corrected chi connectivity index (χ1v) is 5.33. The summed E-state index contributed by atoms with van der Waals surface area (Å²) in [7, 11) is 2.10. The van der Waals surface area contributed by atoms with Gasteiger partial charge in [0.25, 0.3) is 0 Å². The highest BCUT2D eigenvalue weighted by Crippen LogP contribution is 2.21. The maximum Gasteiger partial charge on any atom is 0.0157 e. The van der Waals surface area contributed by atoms with Crippen LogP contribution in [0.1, 0.15) is 12.5 Å². The fraction of sp³-hybridized carbons (Fsp3) is 0.300. The zero-order valence-corrected chi connectivity index (χ0v) is 8.61. The van der Waals surface area contributed by atoms with Crippen molar-refractivity contribution in [1.29, 1.82) is 0 Å². The topological polar surface area (TPSA) is 12.0 Å². The minimum atomic E-state index is 0.113. The Morgan fingerprint density at radius 2 is 2.17 bits per heavy atom. The second-order valence-corrected chi connectivity index (χ2v) is 4.62. The molecule has 1 nitrogen and oxygen atoms in total. The number of aryl methyl sites for hydroxylation is 1. The molecule has 1 unspecified atom stereocenters. The quantitative estimate of drug-likeness (QED) is 0.691. The second kappa shape index (κ2) is 4.43. The van der Waals surface area contributed by atoms with Gasteiger partial charge in [-0.05, 0) is 44.0 Å². The number of hydrogen-bond acceptors (Lipinski definition) is 1. The second-order valence-electron chi connectivity index (χ2n) is 2.59. The van der Waals surface area contributed by atoms with Crippen molar-refractivity contribution < 1.29 is 0 Å². The molecule has 0 saturated heterocycles. The molecule has 0 aliphatic carbocycles. The average molecular weight is 181 g/mol. The summed E-state index contributed by atoms with van der Waals surface area (Å²) in [6.45, 7) is 4.21. The molecule has 1 aromatic carbocycles. The summed E-state index contributed by atoms with van der Waals surface area (Å²) in [6, 6.07) is 8.61. The van der Waals surface area contributed by atoms with Gasteiger partial charge in [0.05, 0.1) is 0 Å². The molecule has 1 aromatic rings. The molecule has 0 saturated carbocycles. The van der Waals surface area contributed by atoms with Crippen LogP contribution in [0.4, 0.5) is 0 Å². The van der Waals surface area contributed by atoms with E-state index in [1.807, 2.05) is 7.05 Å². The van der Waals surface area contributed by atoms with Gasteiger partial charge < -0.3 is 0 Å². The standard InChI is InChI=1S/C10H15NS/c1-4-12(11-3)10-7-5-6-9(2)8-10/h4-8,11H,1-3H3. The molecule has 1 rings (SSSR count). The van der Waals surface area contributed by atoms with E-state index in [9.17, 15) is 0 Å². The smallest absolute Gasteiger partial charge is 0.0157 e. The van der Waals surface area contributed by atoms with E-state index in [1.54, 1.807) is 0 Å².